The molecular formula is C12H19NO4. The van der Waals surface area contributed by atoms with E-state index >= 15 is 0 Å². The van der Waals surface area contributed by atoms with Crippen LogP contribution < -0.4 is 0 Å². The molecule has 0 aromatic carbocycles. The fraction of sp³-hybridized carbons (Fsp3) is 0.833. The summed E-state index contributed by atoms with van der Waals surface area (Å²) in [4.78, 5) is 24.4. The van der Waals surface area contributed by atoms with Crippen LogP contribution in [0.25, 0.3) is 0 Å². The molecule has 2 aliphatic rings. The Balaban J connectivity index is 1.74. The first kappa shape index (κ1) is 12.4. The van der Waals surface area contributed by atoms with Crippen molar-refractivity contribution in [2.24, 2.45) is 11.3 Å². The molecule has 1 saturated carbocycles. The number of rotatable bonds is 5. The van der Waals surface area contributed by atoms with Gasteiger partial charge in [-0.3, -0.25) is 9.59 Å². The van der Waals surface area contributed by atoms with Crippen LogP contribution in [0.1, 0.15) is 26.2 Å². The van der Waals surface area contributed by atoms with Gasteiger partial charge in [-0.15, -0.1) is 0 Å². The van der Waals surface area contributed by atoms with E-state index in [0.29, 0.717) is 32.0 Å². The lowest BCUT2D eigenvalue weighted by atomic mass is 9.90. The number of amides is 1. The Morgan fingerprint density at radius 3 is 2.71 bits per heavy atom. The molecule has 17 heavy (non-hydrogen) atoms. The Bertz CT molecular complexity index is 326. The standard InChI is InChI=1S/C12H19NO4/c1-12(11(15)16)4-5-13(8-12)10(14)7-17-6-9-2-3-9/h9H,2-8H2,1H3,(H,15,16)/t12-/m1/s1. The van der Waals surface area contributed by atoms with E-state index in [4.69, 9.17) is 9.84 Å². The van der Waals surface area contributed by atoms with E-state index in [-0.39, 0.29) is 12.5 Å². The van der Waals surface area contributed by atoms with Gasteiger partial charge in [0.05, 0.1) is 12.0 Å². The van der Waals surface area contributed by atoms with Crippen LogP contribution in [-0.2, 0) is 14.3 Å². The number of nitrogens with zero attached hydrogens (tertiary/aromatic N) is 1. The lowest BCUT2D eigenvalue weighted by molar-refractivity contribution is -0.147. The molecular weight excluding hydrogens is 222 g/mol. The summed E-state index contributed by atoms with van der Waals surface area (Å²) >= 11 is 0. The largest absolute Gasteiger partial charge is 0.481 e. The second kappa shape index (κ2) is 4.64. The van der Waals surface area contributed by atoms with Gasteiger partial charge < -0.3 is 14.7 Å². The monoisotopic (exact) mass is 241 g/mol. The quantitative estimate of drug-likeness (QED) is 0.770. The van der Waals surface area contributed by atoms with Gasteiger partial charge in [0, 0.05) is 13.1 Å². The maximum atomic E-state index is 11.8. The van der Waals surface area contributed by atoms with Crippen molar-refractivity contribution in [3.05, 3.63) is 0 Å². The van der Waals surface area contributed by atoms with Crippen molar-refractivity contribution in [3.63, 3.8) is 0 Å². The van der Waals surface area contributed by atoms with Crippen LogP contribution >= 0.6 is 0 Å². The highest BCUT2D eigenvalue weighted by molar-refractivity contribution is 5.81. The number of hydrogen-bond acceptors (Lipinski definition) is 3. The van der Waals surface area contributed by atoms with E-state index in [1.54, 1.807) is 11.8 Å². The summed E-state index contributed by atoms with van der Waals surface area (Å²) in [6.45, 7) is 3.26. The van der Waals surface area contributed by atoms with Gasteiger partial charge in [-0.05, 0) is 32.1 Å². The molecule has 1 atom stereocenters. The fourth-order valence-electron chi connectivity index (χ4n) is 2.04. The van der Waals surface area contributed by atoms with E-state index in [1.807, 2.05) is 0 Å². The van der Waals surface area contributed by atoms with Gasteiger partial charge in [0.25, 0.3) is 0 Å². The molecule has 0 spiro atoms. The number of hydrogen-bond donors (Lipinski definition) is 1. The molecule has 0 aromatic heterocycles. The Morgan fingerprint density at radius 1 is 1.47 bits per heavy atom. The highest BCUT2D eigenvalue weighted by Crippen LogP contribution is 2.30. The normalized spacial score (nSPS) is 28.4. The number of ether oxygens (including phenoxy) is 1. The van der Waals surface area contributed by atoms with Crippen molar-refractivity contribution < 1.29 is 19.4 Å². The van der Waals surface area contributed by atoms with Gasteiger partial charge in [0.1, 0.15) is 6.61 Å². The topological polar surface area (TPSA) is 66.8 Å². The number of aliphatic carboxylic acids is 1. The summed E-state index contributed by atoms with van der Waals surface area (Å²) in [6.07, 6.45) is 2.93. The first-order valence-corrected chi connectivity index (χ1v) is 6.10. The van der Waals surface area contributed by atoms with Crippen molar-refractivity contribution in [3.8, 4) is 0 Å². The van der Waals surface area contributed by atoms with Gasteiger partial charge in [-0.2, -0.15) is 0 Å². The van der Waals surface area contributed by atoms with Crippen LogP contribution in [0.5, 0.6) is 0 Å². The minimum atomic E-state index is -0.827. The molecule has 1 saturated heterocycles. The van der Waals surface area contributed by atoms with E-state index in [9.17, 15) is 9.59 Å². The van der Waals surface area contributed by atoms with E-state index in [2.05, 4.69) is 0 Å². The SMILES string of the molecule is C[C@@]1(C(=O)O)CCN(C(=O)COCC2CC2)C1. The van der Waals surface area contributed by atoms with E-state index in [0.717, 1.165) is 0 Å². The summed E-state index contributed by atoms with van der Waals surface area (Å²) < 4.78 is 5.32. The fourth-order valence-corrected chi connectivity index (χ4v) is 2.04. The predicted molar refractivity (Wildman–Crippen MR) is 60.5 cm³/mol. The molecule has 1 aliphatic heterocycles. The molecule has 2 fully saturated rings. The van der Waals surface area contributed by atoms with Gasteiger partial charge in [0.15, 0.2) is 0 Å². The molecule has 96 valence electrons. The minimum Gasteiger partial charge on any atom is -0.481 e. The van der Waals surface area contributed by atoms with Crippen LogP contribution in [0.4, 0.5) is 0 Å². The van der Waals surface area contributed by atoms with Crippen molar-refractivity contribution >= 4 is 11.9 Å². The molecule has 1 N–H and O–H groups in total. The number of carbonyl (C=O) groups is 2. The lowest BCUT2D eigenvalue weighted by Gasteiger charge is -2.20. The third kappa shape index (κ3) is 2.97. The third-order valence-corrected chi connectivity index (χ3v) is 3.62. The van der Waals surface area contributed by atoms with Crippen LogP contribution in [-0.4, -0.2) is 48.2 Å². The maximum absolute atomic E-state index is 11.8. The summed E-state index contributed by atoms with van der Waals surface area (Å²) in [5, 5.41) is 9.06. The summed E-state index contributed by atoms with van der Waals surface area (Å²) in [5.41, 5.74) is -0.786. The molecule has 5 nitrogen and oxygen atoms in total. The summed E-state index contributed by atoms with van der Waals surface area (Å²) in [6, 6.07) is 0. The molecule has 2 rings (SSSR count). The van der Waals surface area contributed by atoms with Crippen molar-refractivity contribution in [2.75, 3.05) is 26.3 Å². The zero-order chi connectivity index (χ0) is 12.5. The molecule has 0 radical (unpaired) electrons. The van der Waals surface area contributed by atoms with Crippen molar-refractivity contribution in [2.45, 2.75) is 26.2 Å². The van der Waals surface area contributed by atoms with E-state index < -0.39 is 11.4 Å². The number of carboxylic acids is 1. The molecule has 0 bridgehead atoms. The van der Waals surface area contributed by atoms with Gasteiger partial charge in [0.2, 0.25) is 5.91 Å². The zero-order valence-corrected chi connectivity index (χ0v) is 10.1. The summed E-state index contributed by atoms with van der Waals surface area (Å²) in [5.74, 6) is -0.270. The Kier molecular flexibility index (Phi) is 3.38. The smallest absolute Gasteiger partial charge is 0.311 e. The Labute approximate surface area is 101 Å². The maximum Gasteiger partial charge on any atom is 0.311 e. The average molecular weight is 241 g/mol. The first-order valence-electron chi connectivity index (χ1n) is 6.10. The Hall–Kier alpha value is -1.10. The van der Waals surface area contributed by atoms with Gasteiger partial charge >= 0.3 is 5.97 Å². The molecule has 5 heteroatoms. The first-order chi connectivity index (χ1) is 8.01. The molecule has 1 heterocycles. The van der Waals surface area contributed by atoms with Gasteiger partial charge in [-0.1, -0.05) is 0 Å². The molecule has 1 aliphatic carbocycles. The van der Waals surface area contributed by atoms with Crippen LogP contribution in [0.2, 0.25) is 0 Å². The third-order valence-electron chi connectivity index (χ3n) is 3.62. The lowest BCUT2D eigenvalue weighted by Crippen LogP contribution is -2.36. The highest BCUT2D eigenvalue weighted by atomic mass is 16.5. The summed E-state index contributed by atoms with van der Waals surface area (Å²) in [7, 11) is 0. The van der Waals surface area contributed by atoms with Crippen molar-refractivity contribution in [1.82, 2.24) is 4.90 Å². The number of likely N-dealkylation sites (tertiary alicyclic amines) is 1. The van der Waals surface area contributed by atoms with Crippen LogP contribution in [0.15, 0.2) is 0 Å². The van der Waals surface area contributed by atoms with Crippen LogP contribution in [0.3, 0.4) is 0 Å². The number of carboxylic acid groups (broad SMARTS) is 1. The van der Waals surface area contributed by atoms with E-state index in [1.165, 1.54) is 12.8 Å². The molecule has 1 amide bonds. The predicted octanol–water partition coefficient (Wildman–Crippen LogP) is 0.736. The number of carbonyl (C=O) groups excluding carboxylic acids is 1. The average Bonchev–Trinajstić information content (AvgIpc) is 3.00. The zero-order valence-electron chi connectivity index (χ0n) is 10.1. The van der Waals surface area contributed by atoms with Crippen LogP contribution in [0, 0.1) is 11.3 Å². The van der Waals surface area contributed by atoms with Gasteiger partial charge in [-0.25, -0.2) is 0 Å². The molecule has 0 aromatic rings. The Morgan fingerprint density at radius 2 is 2.18 bits per heavy atom. The highest BCUT2D eigenvalue weighted by Gasteiger charge is 2.42. The van der Waals surface area contributed by atoms with Crippen molar-refractivity contribution in [1.29, 1.82) is 0 Å². The molecule has 0 unspecified atom stereocenters. The second-order valence-corrected chi connectivity index (χ2v) is 5.39. The minimum absolute atomic E-state index is 0.0874. The second-order valence-electron chi connectivity index (χ2n) is 5.39.